The molecule has 0 saturated carbocycles. The highest BCUT2D eigenvalue weighted by Gasteiger charge is 2.29. The number of hydrogen-bond acceptors (Lipinski definition) is 2. The molecule has 0 saturated heterocycles. The van der Waals surface area contributed by atoms with Gasteiger partial charge in [-0.1, -0.05) is 152 Å². The van der Waals surface area contributed by atoms with Crippen molar-refractivity contribution in [2.45, 2.75) is 26.2 Å². The van der Waals surface area contributed by atoms with E-state index in [4.69, 9.17) is 5.11 Å². The molecule has 0 bridgehead atoms. The molecular weight excluding hydrogens is 530 g/mol. The van der Waals surface area contributed by atoms with Crippen LogP contribution in [0.4, 0.5) is 0 Å². The third-order valence-electron chi connectivity index (χ3n) is 7.51. The van der Waals surface area contributed by atoms with Crippen LogP contribution in [0.15, 0.2) is 158 Å². The average molecular weight is 566 g/mol. The zero-order valence-electron chi connectivity index (χ0n) is 24.1. The maximum Gasteiger partial charge on any atom is 0.335 e. The highest BCUT2D eigenvalue weighted by atomic mass is 16.4. The van der Waals surface area contributed by atoms with E-state index in [1.807, 2.05) is 0 Å². The third-order valence-corrected chi connectivity index (χ3v) is 7.51. The molecule has 4 heteroatoms. The van der Waals surface area contributed by atoms with Crippen LogP contribution in [0, 0.1) is 0 Å². The highest BCUT2D eigenvalue weighted by molar-refractivity contribution is 5.97. The minimum Gasteiger partial charge on any atom is -0.872 e. The van der Waals surface area contributed by atoms with Gasteiger partial charge >= 0.3 is 5.97 Å². The smallest absolute Gasteiger partial charge is 0.335 e. The van der Waals surface area contributed by atoms with Gasteiger partial charge in [0.05, 0.1) is 5.56 Å². The van der Waals surface area contributed by atoms with Crippen LogP contribution in [-0.4, -0.2) is 15.6 Å². The molecule has 6 rings (SSSR count). The van der Waals surface area contributed by atoms with Crippen molar-refractivity contribution in [3.8, 4) is 5.75 Å². The zero-order valence-corrected chi connectivity index (χ0v) is 24.1. The minimum absolute atomic E-state index is 0.0358. The van der Waals surface area contributed by atoms with Gasteiger partial charge in [0, 0.05) is 22.3 Å². The molecule has 0 aliphatic heterocycles. The molecule has 6 aromatic rings. The molecule has 0 atom stereocenters. The molecule has 0 fully saturated rings. The number of quaternary nitrogens is 1. The second-order valence-corrected chi connectivity index (χ2v) is 10.9. The first-order chi connectivity index (χ1) is 21.0. The summed E-state index contributed by atoms with van der Waals surface area (Å²) < 4.78 is 0.960. The van der Waals surface area contributed by atoms with Crippen LogP contribution in [0.5, 0.6) is 5.75 Å². The summed E-state index contributed by atoms with van der Waals surface area (Å²) in [4.78, 5) is 10.7. The summed E-state index contributed by atoms with van der Waals surface area (Å²) >= 11 is 0. The van der Waals surface area contributed by atoms with Gasteiger partial charge in [-0.15, -0.1) is 5.75 Å². The summed E-state index contributed by atoms with van der Waals surface area (Å²) in [6, 6.07) is 53.2. The standard InChI is InChI=1S/C28H28N.C11H8O3/c1-5-13-25(14-6-1)21-29(22-26-15-7-2-8-16-26,23-27-17-9-3-10-18-27)24-28-19-11-4-12-20-28;12-10-6-8(11(13)14)5-7-3-1-2-4-9(7)10/h1-20H,21-24H2;1-6,12H,(H,13,14)/q+1;/p-1. The van der Waals surface area contributed by atoms with Crippen LogP contribution < -0.4 is 5.11 Å². The van der Waals surface area contributed by atoms with Gasteiger partial charge in [-0.25, -0.2) is 4.79 Å². The monoisotopic (exact) mass is 565 g/mol. The molecule has 0 aromatic heterocycles. The molecule has 0 aliphatic rings. The van der Waals surface area contributed by atoms with Gasteiger partial charge in [0.1, 0.15) is 26.2 Å². The molecule has 0 unspecified atom stereocenters. The summed E-state index contributed by atoms with van der Waals surface area (Å²) in [7, 11) is 0. The molecule has 0 aliphatic carbocycles. The molecule has 214 valence electrons. The summed E-state index contributed by atoms with van der Waals surface area (Å²) in [6.45, 7) is 4.00. The van der Waals surface area contributed by atoms with Crippen LogP contribution in [-0.2, 0) is 26.2 Å². The van der Waals surface area contributed by atoms with Gasteiger partial charge in [-0.05, 0) is 16.8 Å². The zero-order chi connectivity index (χ0) is 29.9. The van der Waals surface area contributed by atoms with Crippen LogP contribution >= 0.6 is 0 Å². The number of carboxylic acids is 1. The van der Waals surface area contributed by atoms with Crippen molar-refractivity contribution < 1.29 is 19.5 Å². The van der Waals surface area contributed by atoms with E-state index >= 15 is 0 Å². The third kappa shape index (κ3) is 8.19. The van der Waals surface area contributed by atoms with Gasteiger partial charge < -0.3 is 14.7 Å². The lowest BCUT2D eigenvalue weighted by atomic mass is 10.0. The normalized spacial score (nSPS) is 11.0. The van der Waals surface area contributed by atoms with Crippen molar-refractivity contribution in [1.29, 1.82) is 0 Å². The first kappa shape index (κ1) is 29.3. The van der Waals surface area contributed by atoms with E-state index in [0.717, 1.165) is 36.7 Å². The maximum absolute atomic E-state index is 11.4. The van der Waals surface area contributed by atoms with Gasteiger partial charge in [0.15, 0.2) is 0 Å². The largest absolute Gasteiger partial charge is 0.872 e. The van der Waals surface area contributed by atoms with Gasteiger partial charge in [-0.3, -0.25) is 0 Å². The topological polar surface area (TPSA) is 60.4 Å². The number of carbonyl (C=O) groups is 1. The molecule has 0 radical (unpaired) electrons. The fourth-order valence-electron chi connectivity index (χ4n) is 5.62. The predicted molar refractivity (Wildman–Crippen MR) is 171 cm³/mol. The van der Waals surface area contributed by atoms with Crippen LogP contribution in [0.1, 0.15) is 32.6 Å². The maximum atomic E-state index is 11.4. The number of fused-ring (bicyclic) bond motifs is 1. The van der Waals surface area contributed by atoms with E-state index in [-0.39, 0.29) is 11.3 Å². The van der Waals surface area contributed by atoms with E-state index in [2.05, 4.69) is 121 Å². The quantitative estimate of drug-likeness (QED) is 0.180. The lowest BCUT2D eigenvalue weighted by Crippen LogP contribution is -2.45. The van der Waals surface area contributed by atoms with E-state index in [1.165, 1.54) is 28.3 Å². The fourth-order valence-corrected chi connectivity index (χ4v) is 5.62. The number of hydrogen-bond donors (Lipinski definition) is 1. The lowest BCUT2D eigenvalue weighted by molar-refractivity contribution is -0.978. The van der Waals surface area contributed by atoms with Crippen molar-refractivity contribution in [2.24, 2.45) is 0 Å². The number of nitrogens with zero attached hydrogens (tertiary/aromatic N) is 1. The second-order valence-electron chi connectivity index (χ2n) is 10.9. The molecule has 43 heavy (non-hydrogen) atoms. The Morgan fingerprint density at radius 1 is 0.512 bits per heavy atom. The van der Waals surface area contributed by atoms with Crippen molar-refractivity contribution >= 4 is 16.7 Å². The number of rotatable bonds is 9. The van der Waals surface area contributed by atoms with Gasteiger partial charge in [-0.2, -0.15) is 0 Å². The van der Waals surface area contributed by atoms with Crippen LogP contribution in [0.25, 0.3) is 10.8 Å². The van der Waals surface area contributed by atoms with Gasteiger partial charge in [0.2, 0.25) is 0 Å². The summed E-state index contributed by atoms with van der Waals surface area (Å²) in [5.74, 6) is -1.33. The molecule has 6 aromatic carbocycles. The Morgan fingerprint density at radius 3 is 1.23 bits per heavy atom. The number of carboxylic acid groups (broad SMARTS) is 1. The van der Waals surface area contributed by atoms with Crippen molar-refractivity contribution in [1.82, 2.24) is 0 Å². The lowest BCUT2D eigenvalue weighted by Gasteiger charge is -2.39. The molecular formula is C39H35NO3. The predicted octanol–water partition coefficient (Wildman–Crippen LogP) is 8.22. The van der Waals surface area contributed by atoms with E-state index in [9.17, 15) is 9.90 Å². The fraction of sp³-hybridized carbons (Fsp3) is 0.103. The number of benzene rings is 6. The van der Waals surface area contributed by atoms with Gasteiger partial charge in [0.25, 0.3) is 0 Å². The van der Waals surface area contributed by atoms with Crippen LogP contribution in [0.3, 0.4) is 0 Å². The summed E-state index contributed by atoms with van der Waals surface area (Å²) in [5.41, 5.74) is 5.57. The SMILES string of the molecule is O=C(O)c1cc([O-])c2ccccc2c1.c1ccc(C[N+](Cc2ccccc2)(Cc2ccccc2)Cc2ccccc2)cc1. The molecule has 0 spiro atoms. The molecule has 1 N–H and O–H groups in total. The molecule has 0 amide bonds. The first-order valence-corrected chi connectivity index (χ1v) is 14.4. The molecule has 4 nitrogen and oxygen atoms in total. The van der Waals surface area contributed by atoms with E-state index < -0.39 is 5.97 Å². The Balaban J connectivity index is 0.000000220. The summed E-state index contributed by atoms with van der Waals surface area (Å²) in [5, 5.41) is 21.4. The van der Waals surface area contributed by atoms with E-state index in [1.54, 1.807) is 24.3 Å². The van der Waals surface area contributed by atoms with Crippen molar-refractivity contribution in [3.63, 3.8) is 0 Å². The molecule has 0 heterocycles. The Bertz CT molecular complexity index is 1570. The Hall–Kier alpha value is -5.19. The average Bonchev–Trinajstić information content (AvgIpc) is 3.03. The van der Waals surface area contributed by atoms with Crippen LogP contribution in [0.2, 0.25) is 0 Å². The number of aromatic carboxylic acids is 1. The Labute approximate surface area is 253 Å². The van der Waals surface area contributed by atoms with Crippen molar-refractivity contribution in [3.05, 3.63) is 186 Å². The van der Waals surface area contributed by atoms with E-state index in [0.29, 0.717) is 10.8 Å². The van der Waals surface area contributed by atoms with Crippen molar-refractivity contribution in [2.75, 3.05) is 0 Å². The first-order valence-electron chi connectivity index (χ1n) is 14.4. The Morgan fingerprint density at radius 2 is 0.860 bits per heavy atom. The Kier molecular flexibility index (Phi) is 9.63. The minimum atomic E-state index is -1.08. The second kappa shape index (κ2) is 14.1. The highest BCUT2D eigenvalue weighted by Crippen LogP contribution is 2.28. The summed E-state index contributed by atoms with van der Waals surface area (Å²) in [6.07, 6.45) is 0.